The van der Waals surface area contributed by atoms with E-state index in [1.54, 1.807) is 0 Å². The second kappa shape index (κ2) is 20.5. The van der Waals surface area contributed by atoms with Gasteiger partial charge in [0.25, 0.3) is 0 Å². The predicted octanol–water partition coefficient (Wildman–Crippen LogP) is 23.0. The Kier molecular flexibility index (Phi) is 12.6. The molecule has 2 unspecified atom stereocenters. The fourth-order valence-corrected chi connectivity index (χ4v) is 16.3. The van der Waals surface area contributed by atoms with Gasteiger partial charge in [0, 0.05) is 33.5 Å². The Balaban J connectivity index is 0.874. The Morgan fingerprint density at radius 2 is 0.685 bits per heavy atom. The van der Waals surface area contributed by atoms with Gasteiger partial charge in [-0.2, -0.15) is 0 Å². The first-order valence-electron chi connectivity index (χ1n) is 31.9. The molecule has 0 saturated carbocycles. The highest BCUT2D eigenvalue weighted by atomic mass is 15.2. The SMILES string of the molecule is CC1C=C(N(c2ccc(C3(c4ccccc4)c4ccccc4-c4ccccc43)cc2)c2ccc3ccc4c(N(c5ccc(C(C)(C)C)cc5)c5ccc(C6(c7ccccc7)c7ccccc7-c7ccccc76)cc5)ccc5ccc2c3c54)C=CC1C(C)(C)C. The minimum absolute atomic E-state index is 0.000188. The second-order valence-corrected chi connectivity index (χ2v) is 27.3. The normalized spacial score (nSPS) is 16.2. The summed E-state index contributed by atoms with van der Waals surface area (Å²) in [7, 11) is 0. The average Bonchev–Trinajstić information content (AvgIpc) is 1.64. The van der Waals surface area contributed by atoms with Gasteiger partial charge in [0.1, 0.15) is 0 Å². The van der Waals surface area contributed by atoms with E-state index in [1.165, 1.54) is 110 Å². The van der Waals surface area contributed by atoms with Gasteiger partial charge in [-0.05, 0) is 171 Å². The maximum Gasteiger partial charge on any atom is 0.0713 e. The van der Waals surface area contributed by atoms with E-state index in [0.29, 0.717) is 11.8 Å². The van der Waals surface area contributed by atoms with Gasteiger partial charge in [0.15, 0.2) is 0 Å². The van der Waals surface area contributed by atoms with Crippen LogP contribution < -0.4 is 9.80 Å². The second-order valence-electron chi connectivity index (χ2n) is 27.3. The molecule has 430 valence electrons. The molecule has 2 atom stereocenters. The minimum Gasteiger partial charge on any atom is -0.310 e. The summed E-state index contributed by atoms with van der Waals surface area (Å²) in [5.41, 5.74) is 22.7. The van der Waals surface area contributed by atoms with Gasteiger partial charge in [0.05, 0.1) is 22.2 Å². The molecule has 0 fully saturated rings. The highest BCUT2D eigenvalue weighted by molar-refractivity contribution is 6.28. The van der Waals surface area contributed by atoms with Gasteiger partial charge < -0.3 is 9.80 Å². The minimum atomic E-state index is -0.499. The van der Waals surface area contributed by atoms with Gasteiger partial charge in [0.2, 0.25) is 0 Å². The maximum atomic E-state index is 2.54. The van der Waals surface area contributed by atoms with E-state index in [0.717, 1.165) is 28.4 Å². The molecule has 0 N–H and O–H groups in total. The van der Waals surface area contributed by atoms with Gasteiger partial charge in [-0.3, -0.25) is 0 Å². The Morgan fingerprint density at radius 1 is 0.337 bits per heavy atom. The van der Waals surface area contributed by atoms with Crippen LogP contribution in [0.5, 0.6) is 0 Å². The van der Waals surface area contributed by atoms with Crippen LogP contribution in [0, 0.1) is 17.3 Å². The van der Waals surface area contributed by atoms with E-state index < -0.39 is 10.8 Å². The van der Waals surface area contributed by atoms with Gasteiger partial charge in [-0.15, -0.1) is 0 Å². The van der Waals surface area contributed by atoms with Crippen LogP contribution in [0.2, 0.25) is 0 Å². The van der Waals surface area contributed by atoms with E-state index in [-0.39, 0.29) is 10.8 Å². The third-order valence-electron chi connectivity index (χ3n) is 20.3. The van der Waals surface area contributed by atoms with Crippen LogP contribution in [0.1, 0.15) is 98.5 Å². The summed E-state index contributed by atoms with van der Waals surface area (Å²) < 4.78 is 0. The molecule has 0 radical (unpaired) electrons. The molecule has 2 heteroatoms. The zero-order valence-electron chi connectivity index (χ0n) is 51.8. The topological polar surface area (TPSA) is 6.48 Å². The molecule has 0 amide bonds. The molecule has 3 aliphatic carbocycles. The number of benzene rings is 13. The van der Waals surface area contributed by atoms with Crippen LogP contribution in [0.25, 0.3) is 54.6 Å². The van der Waals surface area contributed by atoms with Crippen molar-refractivity contribution in [1.82, 2.24) is 0 Å². The average molecular weight is 1150 g/mol. The number of anilines is 5. The first-order chi connectivity index (χ1) is 43.3. The maximum absolute atomic E-state index is 2.54. The van der Waals surface area contributed by atoms with E-state index in [2.05, 4.69) is 356 Å². The number of allylic oxidation sites excluding steroid dienone is 3. The fraction of sp³-hybridized carbons (Fsp3) is 0.149. The highest BCUT2D eigenvalue weighted by Gasteiger charge is 2.47. The molecule has 2 nitrogen and oxygen atoms in total. The quantitative estimate of drug-likeness (QED) is 0.126. The van der Waals surface area contributed by atoms with Gasteiger partial charge >= 0.3 is 0 Å². The lowest BCUT2D eigenvalue weighted by Crippen LogP contribution is -2.29. The molecule has 0 bridgehead atoms. The molecule has 0 saturated heterocycles. The summed E-state index contributed by atoms with van der Waals surface area (Å²) in [6, 6.07) is 106. The zero-order chi connectivity index (χ0) is 60.4. The van der Waals surface area contributed by atoms with Crippen LogP contribution in [0.4, 0.5) is 28.4 Å². The van der Waals surface area contributed by atoms with Crippen molar-refractivity contribution in [2.24, 2.45) is 17.3 Å². The number of nitrogens with zero attached hydrogens (tertiary/aromatic N) is 2. The van der Waals surface area contributed by atoms with Crippen LogP contribution in [0.15, 0.2) is 303 Å². The Morgan fingerprint density at radius 3 is 1.08 bits per heavy atom. The standard InChI is InChI=1S/C87H72N2/c1-57-56-68(50-53-75(57)85(5,6)7)89(67-48-42-64(43-49-67)87(62-24-12-9-13-25-62)78-32-20-16-28-71(78)72-29-17-21-33-79(72)87)81-55-37-59-34-51-73-80(54-36-58-35-52-74(81)83(59)82(58)73)88(65-44-38-60(39-45-65)84(2,3)4)66-46-40-63(41-47-66)86(61-22-10-8-11-23-61)76-30-18-14-26-69(76)70-27-15-19-31-77(70)86/h8-57,75H,1-7H3. The molecule has 13 aromatic carbocycles. The summed E-state index contributed by atoms with van der Waals surface area (Å²) in [5.74, 6) is 0.714. The van der Waals surface area contributed by atoms with E-state index in [9.17, 15) is 0 Å². The molecule has 3 aliphatic rings. The van der Waals surface area contributed by atoms with Crippen molar-refractivity contribution < 1.29 is 0 Å². The number of hydrogen-bond donors (Lipinski definition) is 0. The molecule has 89 heavy (non-hydrogen) atoms. The first-order valence-corrected chi connectivity index (χ1v) is 31.9. The van der Waals surface area contributed by atoms with Crippen molar-refractivity contribution in [3.05, 3.63) is 353 Å². The van der Waals surface area contributed by atoms with Crippen molar-refractivity contribution in [3.63, 3.8) is 0 Å². The van der Waals surface area contributed by atoms with Crippen molar-refractivity contribution in [1.29, 1.82) is 0 Å². The van der Waals surface area contributed by atoms with Crippen LogP contribution in [-0.2, 0) is 16.2 Å². The number of rotatable bonds is 10. The summed E-state index contributed by atoms with van der Waals surface area (Å²) in [5, 5.41) is 7.40. The molecule has 16 rings (SSSR count). The van der Waals surface area contributed by atoms with Gasteiger partial charge in [-0.25, -0.2) is 0 Å². The Hall–Kier alpha value is -10.0. The highest BCUT2D eigenvalue weighted by Crippen LogP contribution is 2.59. The lowest BCUT2D eigenvalue weighted by Gasteiger charge is -2.37. The van der Waals surface area contributed by atoms with Crippen molar-refractivity contribution >= 4 is 60.8 Å². The monoisotopic (exact) mass is 1140 g/mol. The van der Waals surface area contributed by atoms with E-state index >= 15 is 0 Å². The molecule has 0 spiro atoms. The summed E-state index contributed by atoms with van der Waals surface area (Å²) in [6.07, 6.45) is 7.40. The van der Waals surface area contributed by atoms with Crippen molar-refractivity contribution in [2.75, 3.05) is 9.80 Å². The third-order valence-corrected chi connectivity index (χ3v) is 20.3. The summed E-state index contributed by atoms with van der Waals surface area (Å²) in [6.45, 7) is 16.4. The first kappa shape index (κ1) is 54.4. The molecule has 0 heterocycles. The number of hydrogen-bond acceptors (Lipinski definition) is 2. The number of fused-ring (bicyclic) bond motifs is 6. The lowest BCUT2D eigenvalue weighted by atomic mass is 9.67. The molecule has 13 aromatic rings. The lowest BCUT2D eigenvalue weighted by molar-refractivity contribution is 0.243. The summed E-state index contributed by atoms with van der Waals surface area (Å²) in [4.78, 5) is 5.04. The zero-order valence-corrected chi connectivity index (χ0v) is 51.8. The van der Waals surface area contributed by atoms with Crippen LogP contribution in [0.3, 0.4) is 0 Å². The third kappa shape index (κ3) is 8.29. The molecular weight excluding hydrogens is 1070 g/mol. The van der Waals surface area contributed by atoms with E-state index in [4.69, 9.17) is 0 Å². The fourth-order valence-electron chi connectivity index (χ4n) is 16.3. The van der Waals surface area contributed by atoms with Crippen LogP contribution in [-0.4, -0.2) is 0 Å². The van der Waals surface area contributed by atoms with E-state index in [1.807, 2.05) is 0 Å². The summed E-state index contributed by atoms with van der Waals surface area (Å²) >= 11 is 0. The molecule has 0 aliphatic heterocycles. The Labute approximate surface area is 524 Å². The largest absolute Gasteiger partial charge is 0.310 e. The predicted molar refractivity (Wildman–Crippen MR) is 376 cm³/mol. The molecule has 0 aromatic heterocycles. The Bertz CT molecular complexity index is 4830. The molecular formula is C87H72N2. The van der Waals surface area contributed by atoms with Gasteiger partial charge in [-0.1, -0.05) is 291 Å². The van der Waals surface area contributed by atoms with Crippen molar-refractivity contribution in [2.45, 2.75) is 64.7 Å². The smallest absolute Gasteiger partial charge is 0.0713 e. The van der Waals surface area contributed by atoms with Crippen LogP contribution >= 0.6 is 0 Å². The van der Waals surface area contributed by atoms with Crippen molar-refractivity contribution in [3.8, 4) is 22.3 Å².